The number of carbonyl (C=O) groups excluding carboxylic acids is 1. The van der Waals surface area contributed by atoms with Crippen LogP contribution in [0.25, 0.3) is 5.57 Å². The number of allylic oxidation sites excluding steroid dienone is 3. The summed E-state index contributed by atoms with van der Waals surface area (Å²) in [7, 11) is 5.33. The Hall–Kier alpha value is -1.45. The van der Waals surface area contributed by atoms with E-state index in [1.165, 1.54) is 0 Å². The van der Waals surface area contributed by atoms with Crippen molar-refractivity contribution < 1.29 is 9.53 Å². The van der Waals surface area contributed by atoms with E-state index in [4.69, 9.17) is 27.9 Å². The molecule has 1 aliphatic carbocycles. The monoisotopic (exact) mass is 311 g/mol. The zero-order valence-electron chi connectivity index (χ0n) is 11.5. The maximum absolute atomic E-state index is 12.0. The van der Waals surface area contributed by atoms with Gasteiger partial charge in [0.2, 0.25) is 0 Å². The van der Waals surface area contributed by atoms with E-state index in [0.717, 1.165) is 11.1 Å². The van der Waals surface area contributed by atoms with Crippen LogP contribution in [-0.4, -0.2) is 31.9 Å². The second-order valence-corrected chi connectivity index (χ2v) is 5.55. The number of halogens is 2. The molecule has 5 heteroatoms. The van der Waals surface area contributed by atoms with Crippen molar-refractivity contribution in [1.29, 1.82) is 0 Å². The van der Waals surface area contributed by atoms with Gasteiger partial charge in [0.25, 0.3) is 0 Å². The minimum absolute atomic E-state index is 0.00760. The van der Waals surface area contributed by atoms with E-state index in [1.807, 2.05) is 25.2 Å². The molecule has 0 radical (unpaired) electrons. The summed E-state index contributed by atoms with van der Waals surface area (Å²) < 4.78 is 5.32. The predicted molar refractivity (Wildman–Crippen MR) is 82.4 cm³/mol. The van der Waals surface area contributed by atoms with Gasteiger partial charge in [-0.2, -0.15) is 0 Å². The molecule has 0 N–H and O–H groups in total. The summed E-state index contributed by atoms with van der Waals surface area (Å²) in [6.07, 6.45) is 3.93. The van der Waals surface area contributed by atoms with Gasteiger partial charge in [-0.3, -0.25) is 4.79 Å². The lowest BCUT2D eigenvalue weighted by Crippen LogP contribution is -2.05. The molecule has 0 atom stereocenters. The van der Waals surface area contributed by atoms with E-state index in [2.05, 4.69) is 0 Å². The summed E-state index contributed by atoms with van der Waals surface area (Å²) in [5.41, 5.74) is 2.24. The highest BCUT2D eigenvalue weighted by Gasteiger charge is 2.24. The van der Waals surface area contributed by atoms with Crippen LogP contribution in [0.3, 0.4) is 0 Å². The molecule has 0 spiro atoms. The van der Waals surface area contributed by atoms with Crippen LogP contribution in [0.2, 0.25) is 10.0 Å². The highest BCUT2D eigenvalue weighted by atomic mass is 35.5. The summed E-state index contributed by atoms with van der Waals surface area (Å²) in [4.78, 5) is 13.8. The van der Waals surface area contributed by atoms with Gasteiger partial charge < -0.3 is 9.64 Å². The molecule has 2 rings (SSSR count). The van der Waals surface area contributed by atoms with E-state index in [-0.39, 0.29) is 5.78 Å². The largest absolute Gasteiger partial charge is 0.496 e. The van der Waals surface area contributed by atoms with Gasteiger partial charge in [0.15, 0.2) is 5.78 Å². The van der Waals surface area contributed by atoms with Gasteiger partial charge >= 0.3 is 0 Å². The second-order valence-electron chi connectivity index (χ2n) is 4.77. The third-order valence-electron chi connectivity index (χ3n) is 3.01. The van der Waals surface area contributed by atoms with Crippen molar-refractivity contribution in [2.45, 2.75) is 6.42 Å². The predicted octanol–water partition coefficient (Wildman–Crippen LogP) is 3.80. The molecule has 0 saturated heterocycles. The molecule has 1 aromatic rings. The van der Waals surface area contributed by atoms with E-state index in [1.54, 1.807) is 25.3 Å². The van der Waals surface area contributed by atoms with Crippen molar-refractivity contribution in [1.82, 2.24) is 4.90 Å². The van der Waals surface area contributed by atoms with Gasteiger partial charge in [-0.25, -0.2) is 0 Å². The number of methoxy groups -OCH3 is 1. The molecule has 0 amide bonds. The summed E-state index contributed by atoms with van der Waals surface area (Å²) in [5, 5.41) is 0.858. The third-order valence-corrected chi connectivity index (χ3v) is 3.82. The number of ketones is 1. The average molecular weight is 312 g/mol. The number of hydrogen-bond acceptors (Lipinski definition) is 3. The summed E-state index contributed by atoms with van der Waals surface area (Å²) in [6, 6.07) is 3.43. The molecule has 0 heterocycles. The van der Waals surface area contributed by atoms with Gasteiger partial charge in [-0.05, 0) is 23.8 Å². The minimum Gasteiger partial charge on any atom is -0.496 e. The normalized spacial score (nSPS) is 16.6. The molecule has 1 aromatic carbocycles. The highest BCUT2D eigenvalue weighted by molar-refractivity contribution is 6.43. The van der Waals surface area contributed by atoms with Crippen molar-refractivity contribution in [2.24, 2.45) is 0 Å². The zero-order valence-corrected chi connectivity index (χ0v) is 13.0. The standard InChI is InChI=1S/C15H15Cl2NO2/c1-18(2)8-10-6-9(7-12(10)19)14-13(20-3)5-4-11(16)15(14)17/h4-5,7-8H,6H2,1-3H3. The van der Waals surface area contributed by atoms with Crippen LogP contribution in [0.15, 0.2) is 30.0 Å². The number of rotatable bonds is 3. The number of benzene rings is 1. The van der Waals surface area contributed by atoms with Crippen molar-refractivity contribution in [3.63, 3.8) is 0 Å². The Morgan fingerprint density at radius 1 is 1.30 bits per heavy atom. The van der Waals surface area contributed by atoms with Gasteiger partial charge in [0, 0.05) is 37.9 Å². The molecule has 20 heavy (non-hydrogen) atoms. The van der Waals surface area contributed by atoms with Crippen LogP contribution in [0.4, 0.5) is 0 Å². The molecular weight excluding hydrogens is 297 g/mol. The lowest BCUT2D eigenvalue weighted by Gasteiger charge is -2.12. The first-order chi connectivity index (χ1) is 9.43. The molecule has 106 valence electrons. The smallest absolute Gasteiger partial charge is 0.183 e. The van der Waals surface area contributed by atoms with Crippen LogP contribution in [0.5, 0.6) is 5.75 Å². The van der Waals surface area contributed by atoms with Gasteiger partial charge in [-0.15, -0.1) is 0 Å². The highest BCUT2D eigenvalue weighted by Crippen LogP contribution is 2.42. The van der Waals surface area contributed by atoms with Crippen LogP contribution in [0.1, 0.15) is 12.0 Å². The lowest BCUT2D eigenvalue weighted by molar-refractivity contribution is -0.111. The lowest BCUT2D eigenvalue weighted by atomic mass is 10.0. The molecule has 0 fully saturated rings. The maximum atomic E-state index is 12.0. The first-order valence-corrected chi connectivity index (χ1v) is 6.84. The number of hydrogen-bond donors (Lipinski definition) is 0. The molecule has 0 aliphatic heterocycles. The molecule has 0 unspecified atom stereocenters. The molecule has 3 nitrogen and oxygen atoms in total. The minimum atomic E-state index is -0.00760. The Morgan fingerprint density at radius 2 is 2.00 bits per heavy atom. The Balaban J connectivity index is 2.47. The van der Waals surface area contributed by atoms with Gasteiger partial charge in [0.1, 0.15) is 5.75 Å². The summed E-state index contributed by atoms with van der Waals surface area (Å²) >= 11 is 12.3. The molecule has 0 saturated carbocycles. The van der Waals surface area contributed by atoms with Crippen LogP contribution in [0, 0.1) is 0 Å². The molecule has 0 bridgehead atoms. The molecular formula is C15H15Cl2NO2. The van der Waals surface area contributed by atoms with Gasteiger partial charge in [-0.1, -0.05) is 23.2 Å². The first-order valence-electron chi connectivity index (χ1n) is 6.08. The van der Waals surface area contributed by atoms with E-state index < -0.39 is 0 Å². The van der Waals surface area contributed by atoms with E-state index in [0.29, 0.717) is 27.8 Å². The summed E-state index contributed by atoms with van der Waals surface area (Å²) in [5.74, 6) is 0.608. The SMILES string of the molecule is COc1ccc(Cl)c(Cl)c1C1=CC(=O)C(=CN(C)C)C1. The Bertz CT molecular complexity index is 619. The van der Waals surface area contributed by atoms with Crippen molar-refractivity contribution in [2.75, 3.05) is 21.2 Å². The number of nitrogens with zero attached hydrogens (tertiary/aromatic N) is 1. The van der Waals surface area contributed by atoms with Crippen LogP contribution < -0.4 is 4.74 Å². The fourth-order valence-electron chi connectivity index (χ4n) is 2.18. The zero-order chi connectivity index (χ0) is 14.9. The van der Waals surface area contributed by atoms with Crippen molar-refractivity contribution in [3.8, 4) is 5.75 Å². The number of carbonyl (C=O) groups is 1. The Morgan fingerprint density at radius 3 is 2.60 bits per heavy atom. The third kappa shape index (κ3) is 2.84. The molecule has 0 aromatic heterocycles. The topological polar surface area (TPSA) is 29.5 Å². The summed E-state index contributed by atoms with van der Waals surface area (Å²) in [6.45, 7) is 0. The second kappa shape index (κ2) is 5.90. The fraction of sp³-hybridized carbons (Fsp3) is 0.267. The van der Waals surface area contributed by atoms with E-state index in [9.17, 15) is 4.79 Å². The van der Waals surface area contributed by atoms with Crippen molar-refractivity contribution >= 4 is 34.6 Å². The fourth-order valence-corrected chi connectivity index (χ4v) is 2.61. The first kappa shape index (κ1) is 14.9. The average Bonchev–Trinajstić information content (AvgIpc) is 2.73. The van der Waals surface area contributed by atoms with Crippen LogP contribution >= 0.6 is 23.2 Å². The quantitative estimate of drug-likeness (QED) is 0.795. The van der Waals surface area contributed by atoms with Gasteiger partial charge in [0.05, 0.1) is 17.2 Å². The van der Waals surface area contributed by atoms with E-state index >= 15 is 0 Å². The Labute approximate surface area is 128 Å². The van der Waals surface area contributed by atoms with Crippen molar-refractivity contribution in [3.05, 3.63) is 45.6 Å². The molecule has 1 aliphatic rings. The van der Waals surface area contributed by atoms with Crippen LogP contribution in [-0.2, 0) is 4.79 Å². The number of ether oxygens (including phenoxy) is 1. The maximum Gasteiger partial charge on any atom is 0.183 e. The Kier molecular flexibility index (Phi) is 4.41.